The van der Waals surface area contributed by atoms with E-state index in [9.17, 15) is 4.79 Å². The van der Waals surface area contributed by atoms with Gasteiger partial charge in [-0.1, -0.05) is 12.1 Å². The minimum absolute atomic E-state index is 0.0445. The van der Waals surface area contributed by atoms with E-state index < -0.39 is 0 Å². The molecule has 21 heavy (non-hydrogen) atoms. The molecule has 1 aliphatic carbocycles. The van der Waals surface area contributed by atoms with Crippen LogP contribution in [-0.4, -0.2) is 10.5 Å². The number of aromatic nitrogens is 1. The summed E-state index contributed by atoms with van der Waals surface area (Å²) in [6, 6.07) is 9.88. The monoisotopic (exact) mass is 347 g/mol. The minimum atomic E-state index is -0.0561. The summed E-state index contributed by atoms with van der Waals surface area (Å²) < 4.78 is 3.01. The predicted octanol–water partition coefficient (Wildman–Crippen LogP) is 3.66. The van der Waals surface area contributed by atoms with E-state index in [0.717, 1.165) is 28.6 Å². The fourth-order valence-electron chi connectivity index (χ4n) is 2.42. The number of carbonyl (C=O) groups excluding carboxylic acids is 1. The van der Waals surface area contributed by atoms with Gasteiger partial charge in [0.1, 0.15) is 5.69 Å². The maximum Gasteiger partial charge on any atom is 0.268 e. The van der Waals surface area contributed by atoms with Gasteiger partial charge in [-0.2, -0.15) is 0 Å². The Morgan fingerprint density at radius 2 is 2.05 bits per heavy atom. The first-order chi connectivity index (χ1) is 10.0. The number of halogens is 1. The second-order valence-corrected chi connectivity index (χ2v) is 6.46. The first-order valence-electron chi connectivity index (χ1n) is 7.08. The molecule has 4 nitrogen and oxygen atoms in total. The number of anilines is 1. The van der Waals surface area contributed by atoms with Gasteiger partial charge in [0.15, 0.2) is 0 Å². The Morgan fingerprint density at radius 3 is 2.67 bits per heavy atom. The van der Waals surface area contributed by atoms with Crippen LogP contribution < -0.4 is 11.1 Å². The lowest BCUT2D eigenvalue weighted by atomic mass is 10.1. The first-order valence-corrected chi connectivity index (χ1v) is 7.87. The Bertz CT molecular complexity index is 659. The number of carbonyl (C=O) groups is 1. The largest absolute Gasteiger partial charge is 0.399 e. The summed E-state index contributed by atoms with van der Waals surface area (Å²) in [6.45, 7) is 1.98. The molecular weight excluding hydrogens is 330 g/mol. The zero-order valence-electron chi connectivity index (χ0n) is 11.8. The van der Waals surface area contributed by atoms with Gasteiger partial charge in [0.2, 0.25) is 0 Å². The lowest BCUT2D eigenvalue weighted by Crippen LogP contribution is -2.28. The van der Waals surface area contributed by atoms with E-state index in [1.165, 1.54) is 0 Å². The maximum absolute atomic E-state index is 12.5. The molecule has 2 aromatic rings. The average molecular weight is 348 g/mol. The number of benzene rings is 1. The van der Waals surface area contributed by atoms with Crippen LogP contribution in [0.3, 0.4) is 0 Å². The molecule has 1 heterocycles. The highest BCUT2D eigenvalue weighted by Gasteiger charge is 2.28. The summed E-state index contributed by atoms with van der Waals surface area (Å²) in [5.41, 5.74) is 8.17. The maximum atomic E-state index is 12.5. The van der Waals surface area contributed by atoms with Crippen molar-refractivity contribution < 1.29 is 4.79 Å². The number of hydrogen-bond donors (Lipinski definition) is 2. The Hall–Kier alpha value is -1.75. The van der Waals surface area contributed by atoms with Crippen molar-refractivity contribution in [1.29, 1.82) is 0 Å². The molecule has 1 fully saturated rings. The Labute approximate surface area is 132 Å². The second kappa shape index (κ2) is 5.56. The average Bonchev–Trinajstić information content (AvgIpc) is 3.22. The quantitative estimate of drug-likeness (QED) is 0.829. The molecule has 1 aliphatic rings. The van der Waals surface area contributed by atoms with Crippen molar-refractivity contribution in [1.82, 2.24) is 9.88 Å². The number of hydrogen-bond acceptors (Lipinski definition) is 2. The van der Waals surface area contributed by atoms with Gasteiger partial charge < -0.3 is 15.6 Å². The van der Waals surface area contributed by atoms with Crippen LogP contribution in [0.25, 0.3) is 0 Å². The van der Waals surface area contributed by atoms with E-state index in [1.807, 2.05) is 43.5 Å². The summed E-state index contributed by atoms with van der Waals surface area (Å²) in [6.07, 6.45) is 4.28. The fourth-order valence-corrected chi connectivity index (χ4v) is 2.86. The van der Waals surface area contributed by atoms with E-state index in [1.54, 1.807) is 0 Å². The van der Waals surface area contributed by atoms with E-state index in [0.29, 0.717) is 11.7 Å². The molecule has 110 valence electrons. The fraction of sp³-hybridized carbons (Fsp3) is 0.312. The van der Waals surface area contributed by atoms with Crippen molar-refractivity contribution in [3.05, 3.63) is 52.3 Å². The van der Waals surface area contributed by atoms with Crippen LogP contribution in [0.1, 0.15) is 47.9 Å². The van der Waals surface area contributed by atoms with Gasteiger partial charge >= 0.3 is 0 Å². The van der Waals surface area contributed by atoms with Gasteiger partial charge in [0.25, 0.3) is 5.91 Å². The van der Waals surface area contributed by atoms with Crippen LogP contribution in [0.15, 0.2) is 41.0 Å². The molecule has 0 aliphatic heterocycles. The number of nitrogens with two attached hydrogens (primary N) is 1. The normalized spacial score (nSPS) is 15.7. The standard InChI is InChI=1S/C16H18BrN3O/c1-10(11-2-4-13(18)5-3-11)19-16(21)15-8-12(17)9-20(15)14-6-7-14/h2-5,8-10,14H,6-7,18H2,1H3,(H,19,21). The van der Waals surface area contributed by atoms with Crippen molar-refractivity contribution in [2.75, 3.05) is 5.73 Å². The van der Waals surface area contributed by atoms with Crippen molar-refractivity contribution >= 4 is 27.5 Å². The molecule has 1 amide bonds. The van der Waals surface area contributed by atoms with Gasteiger partial charge in [0, 0.05) is 22.4 Å². The summed E-state index contributed by atoms with van der Waals surface area (Å²) in [4.78, 5) is 12.5. The van der Waals surface area contributed by atoms with Crippen molar-refractivity contribution in [3.8, 4) is 0 Å². The molecule has 3 rings (SSSR count). The van der Waals surface area contributed by atoms with E-state index >= 15 is 0 Å². The highest BCUT2D eigenvalue weighted by Crippen LogP contribution is 2.37. The Kier molecular flexibility index (Phi) is 3.76. The third-order valence-electron chi connectivity index (χ3n) is 3.77. The molecule has 0 radical (unpaired) electrons. The molecule has 1 atom stereocenters. The molecule has 1 unspecified atom stereocenters. The zero-order valence-corrected chi connectivity index (χ0v) is 13.4. The summed E-state index contributed by atoms with van der Waals surface area (Å²) in [5.74, 6) is -0.0445. The van der Waals surface area contributed by atoms with Gasteiger partial charge in [-0.05, 0) is 59.5 Å². The lowest BCUT2D eigenvalue weighted by Gasteiger charge is -2.15. The predicted molar refractivity (Wildman–Crippen MR) is 87.1 cm³/mol. The topological polar surface area (TPSA) is 60.0 Å². The lowest BCUT2D eigenvalue weighted by molar-refractivity contribution is 0.0930. The Morgan fingerprint density at radius 1 is 1.38 bits per heavy atom. The third-order valence-corrected chi connectivity index (χ3v) is 4.21. The van der Waals surface area contributed by atoms with E-state index in [2.05, 4.69) is 25.8 Å². The first kappa shape index (κ1) is 14.2. The van der Waals surface area contributed by atoms with Gasteiger partial charge in [0.05, 0.1) is 6.04 Å². The molecular formula is C16H18BrN3O. The Balaban J connectivity index is 1.75. The number of nitrogens with one attached hydrogen (secondary N) is 1. The number of nitrogens with zero attached hydrogens (tertiary/aromatic N) is 1. The van der Waals surface area contributed by atoms with Crippen LogP contribution in [0.2, 0.25) is 0 Å². The van der Waals surface area contributed by atoms with Crippen molar-refractivity contribution in [3.63, 3.8) is 0 Å². The number of amides is 1. The van der Waals surface area contributed by atoms with Crippen LogP contribution in [0.4, 0.5) is 5.69 Å². The van der Waals surface area contributed by atoms with Crippen LogP contribution in [0, 0.1) is 0 Å². The van der Waals surface area contributed by atoms with Crippen LogP contribution in [-0.2, 0) is 0 Å². The molecule has 0 spiro atoms. The summed E-state index contributed by atoms with van der Waals surface area (Å²) in [7, 11) is 0. The second-order valence-electron chi connectivity index (χ2n) is 5.54. The third kappa shape index (κ3) is 3.13. The van der Waals surface area contributed by atoms with E-state index in [-0.39, 0.29) is 11.9 Å². The zero-order chi connectivity index (χ0) is 15.0. The number of nitrogen functional groups attached to an aromatic ring is 1. The molecule has 5 heteroatoms. The van der Waals surface area contributed by atoms with Crippen molar-refractivity contribution in [2.24, 2.45) is 0 Å². The highest BCUT2D eigenvalue weighted by atomic mass is 79.9. The smallest absolute Gasteiger partial charge is 0.268 e. The number of rotatable bonds is 4. The molecule has 3 N–H and O–H groups in total. The molecule has 0 bridgehead atoms. The highest BCUT2D eigenvalue weighted by molar-refractivity contribution is 9.10. The van der Waals surface area contributed by atoms with Crippen LogP contribution >= 0.6 is 15.9 Å². The summed E-state index contributed by atoms with van der Waals surface area (Å²) in [5, 5.41) is 3.05. The van der Waals surface area contributed by atoms with E-state index in [4.69, 9.17) is 5.73 Å². The van der Waals surface area contributed by atoms with Crippen LogP contribution in [0.5, 0.6) is 0 Å². The SMILES string of the molecule is CC(NC(=O)c1cc(Br)cn1C1CC1)c1ccc(N)cc1. The van der Waals surface area contributed by atoms with Gasteiger partial charge in [-0.3, -0.25) is 4.79 Å². The molecule has 1 saturated carbocycles. The molecule has 0 saturated heterocycles. The van der Waals surface area contributed by atoms with Gasteiger partial charge in [-0.25, -0.2) is 0 Å². The van der Waals surface area contributed by atoms with Crippen molar-refractivity contribution in [2.45, 2.75) is 31.8 Å². The molecule has 1 aromatic heterocycles. The minimum Gasteiger partial charge on any atom is -0.399 e. The summed E-state index contributed by atoms with van der Waals surface area (Å²) >= 11 is 3.45. The molecule has 1 aromatic carbocycles. The van der Waals surface area contributed by atoms with Gasteiger partial charge in [-0.15, -0.1) is 0 Å².